The van der Waals surface area contributed by atoms with Crippen molar-refractivity contribution < 1.29 is 115 Å². The summed E-state index contributed by atoms with van der Waals surface area (Å²) in [6.45, 7) is 29.1. The number of hydrogen-bond acceptors (Lipinski definition) is 24. The highest BCUT2D eigenvalue weighted by Gasteiger charge is 2.68. The number of ether oxygens (including phenoxy) is 17. The van der Waals surface area contributed by atoms with Gasteiger partial charge in [0.25, 0.3) is 0 Å². The lowest BCUT2D eigenvalue weighted by atomic mass is 9.84. The quantitative estimate of drug-likeness (QED) is 0.230. The van der Waals surface area contributed by atoms with Crippen molar-refractivity contribution in [3.8, 4) is 0 Å². The molecule has 0 aromatic heterocycles. The van der Waals surface area contributed by atoms with Crippen molar-refractivity contribution in [2.24, 2.45) is 82.9 Å². The summed E-state index contributed by atoms with van der Waals surface area (Å²) >= 11 is 0. The summed E-state index contributed by atoms with van der Waals surface area (Å²) in [6, 6.07) is 0. The molecule has 25 heterocycles. The Morgan fingerprint density at radius 1 is 0.207 bits per heavy atom. The van der Waals surface area contributed by atoms with E-state index in [2.05, 4.69) is 69.2 Å². The van der Waals surface area contributed by atoms with Gasteiger partial charge in [-0.1, -0.05) is 96.9 Å². The molecule has 3 N–H and O–H groups in total. The van der Waals surface area contributed by atoms with Crippen molar-refractivity contribution in [1.82, 2.24) is 0 Å². The molecule has 0 radical (unpaired) electrons. The number of aliphatic hydroxyl groups excluding tert-OH is 3. The number of carbonyl (C=O) groups excluding carboxylic acids is 4. The summed E-state index contributed by atoms with van der Waals surface area (Å²) in [7, 11) is 0. The maximum atomic E-state index is 11.5. The van der Waals surface area contributed by atoms with Crippen LogP contribution in [0.15, 0.2) is 0 Å². The normalized spacial score (nSPS) is 62.6. The predicted octanol–water partition coefficient (Wildman–Crippen LogP) is 1.80. The number of ketones is 1. The Kier molecular flexibility index (Phi) is 15.1. The van der Waals surface area contributed by atoms with Gasteiger partial charge >= 0.3 is 17.9 Å². The Hall–Kier alpha value is -2.60. The zero-order valence-corrected chi connectivity index (χ0v) is 51.9. The minimum Gasteiger partial charge on any atom is -0.431 e. The van der Waals surface area contributed by atoms with E-state index in [1.807, 2.05) is 27.7 Å². The second-order valence-corrected chi connectivity index (χ2v) is 29.6. The molecule has 24 heteroatoms. The summed E-state index contributed by atoms with van der Waals surface area (Å²) < 4.78 is 94.5. The average molecular weight is 1230 g/mol. The van der Waals surface area contributed by atoms with Crippen molar-refractivity contribution in [3.05, 3.63) is 0 Å². The molecule has 25 aliphatic heterocycles. The molecule has 25 saturated heterocycles. The van der Waals surface area contributed by atoms with Crippen LogP contribution in [-0.2, 0) is 99.7 Å². The van der Waals surface area contributed by atoms with E-state index in [-0.39, 0.29) is 182 Å². The van der Waals surface area contributed by atoms with E-state index >= 15 is 0 Å². The molecule has 0 amide bonds. The summed E-state index contributed by atoms with van der Waals surface area (Å²) in [5, 5.41) is 29.2. The third-order valence-corrected chi connectivity index (χ3v) is 24.7. The smallest absolute Gasteiger partial charge is 0.338 e. The summed E-state index contributed by atoms with van der Waals surface area (Å²) in [6.07, 6.45) is -2.06. The van der Waals surface area contributed by atoms with Gasteiger partial charge in [0.1, 0.15) is 67.1 Å². The van der Waals surface area contributed by atoms with E-state index in [1.165, 1.54) is 0 Å². The number of aliphatic hydroxyl groups is 3. The molecule has 0 saturated carbocycles. The highest BCUT2D eigenvalue weighted by molar-refractivity contribution is 5.91. The number of carbonyl (C=O) groups is 4. The summed E-state index contributed by atoms with van der Waals surface area (Å²) in [5.74, 6) is 3.83. The maximum Gasteiger partial charge on any atom is 0.338 e. The molecule has 0 aromatic carbocycles. The number of hydrogen-bond donors (Lipinski definition) is 3. The van der Waals surface area contributed by atoms with Gasteiger partial charge in [-0.2, -0.15) is 0 Å². The van der Waals surface area contributed by atoms with Gasteiger partial charge in [0, 0.05) is 82.9 Å². The van der Waals surface area contributed by atoms with Gasteiger partial charge in [-0.25, -0.2) is 14.4 Å². The molecule has 0 aromatic rings. The first-order valence-corrected chi connectivity index (χ1v) is 32.7. The number of Topliss-reactive ketones (excluding diaryl/α,β-unsaturated/α-hetero) is 1. The van der Waals surface area contributed by atoms with Crippen LogP contribution >= 0.6 is 0 Å². The Labute approximate surface area is 506 Å². The van der Waals surface area contributed by atoms with Gasteiger partial charge < -0.3 is 95.8 Å². The van der Waals surface area contributed by atoms with Crippen molar-refractivity contribution in [2.75, 3.05) is 0 Å². The highest BCUT2D eigenvalue weighted by Crippen LogP contribution is 2.54. The van der Waals surface area contributed by atoms with Gasteiger partial charge in [-0.3, -0.25) is 4.79 Å². The van der Waals surface area contributed by atoms with Crippen LogP contribution < -0.4 is 0 Å². The Bertz CT molecular complexity index is 2350. The van der Waals surface area contributed by atoms with Crippen molar-refractivity contribution >= 4 is 23.7 Å². The lowest BCUT2D eigenvalue weighted by Crippen LogP contribution is -2.53. The van der Waals surface area contributed by atoms with Gasteiger partial charge in [0.05, 0.1) is 85.5 Å². The van der Waals surface area contributed by atoms with E-state index in [1.54, 1.807) is 0 Å². The third kappa shape index (κ3) is 8.88. The number of fused-ring (bicyclic) bond motifs is 6. The third-order valence-electron chi connectivity index (χ3n) is 24.7. The molecule has 5 unspecified atom stereocenters. The van der Waals surface area contributed by atoms with Gasteiger partial charge in [-0.05, 0) is 0 Å². The van der Waals surface area contributed by atoms with Crippen molar-refractivity contribution in [1.29, 1.82) is 0 Å². The first-order valence-electron chi connectivity index (χ1n) is 32.7. The van der Waals surface area contributed by atoms with Crippen LogP contribution in [0.3, 0.4) is 0 Å². The molecule has 25 bridgehead atoms. The standard InChI is InChI=1S/3C9H12O4.3C9H14O3.C9H12O3/c3*1-3-5-4(2)7-9(12-5)13-8(10)6(3)11-7;4*1-3-6-4(2)8-9(11-6)5(10)7(3)12-8/h3*3-7,9H,1-2H3;3*3-10H,1-2H3;3-4,6-9H,1-2H3/t2*3-,4+,5?,6+,7-,9-;3-,4+,5+,6+,7-,9-;2*3-,4+,5+,6?,7+,8-,9-;3-,4+,5+,6+,7+,8-,9-;3-,4+,6?,7+,8-,9-/m1101101/s1. The molecule has 25 aliphatic rings. The molecular weight excluding hydrogens is 1140 g/mol. The molecule has 0 aliphatic carbocycles. The predicted molar refractivity (Wildman–Crippen MR) is 291 cm³/mol. The Balaban J connectivity index is 0.0000000855. The monoisotopic (exact) mass is 1230 g/mol. The van der Waals surface area contributed by atoms with Gasteiger partial charge in [0.15, 0.2) is 24.1 Å². The molecule has 0 spiro atoms. The zero-order valence-electron chi connectivity index (χ0n) is 51.9. The van der Waals surface area contributed by atoms with E-state index < -0.39 is 37.2 Å². The van der Waals surface area contributed by atoms with Crippen LogP contribution in [0.5, 0.6) is 0 Å². The van der Waals surface area contributed by atoms with Crippen LogP contribution in [0.1, 0.15) is 96.9 Å². The van der Waals surface area contributed by atoms with Crippen LogP contribution in [0, 0.1) is 82.9 Å². The minimum atomic E-state index is -0.450. The van der Waals surface area contributed by atoms with Crippen molar-refractivity contribution in [2.45, 2.75) is 287 Å². The molecule has 87 heavy (non-hydrogen) atoms. The SMILES string of the molecule is C[C@@H]1C2O[C@@H]3C(=O)[C@H]1O[C@@H]3[C@H]2C.C[C@@H]1C2O[C@@H]3OC(=O)[C@H]1O[C@@H]3[C@H]2C.C[C@@H]1C2O[C@@H]3OC(=O)[C@H]1O[C@@H]3[C@H]2C.C[C@@H]1C2O[C@@H]3[C@@H](O)[C@H]1O[C@@H]3[C@H]2C.C[C@@H]1C2O[C@@H]3[C@@H](O)[C@H]1O[C@@H]3[C@H]2C.C[C@@H]1[C@@H]2O[C@H]3OC(=O)[C@H](O[C@H]31)[C@H]2C.C[C@@H]1[C@@H]2O[C@H]3[C@H](O)[C@H](O[C@@H]13)[C@H]2C. The van der Waals surface area contributed by atoms with Gasteiger partial charge in [-0.15, -0.1) is 0 Å². The first-order chi connectivity index (χ1) is 41.3. The van der Waals surface area contributed by atoms with E-state index in [9.17, 15) is 34.5 Å². The van der Waals surface area contributed by atoms with Crippen LogP contribution in [0.4, 0.5) is 0 Å². The summed E-state index contributed by atoms with van der Waals surface area (Å²) in [4.78, 5) is 45.5. The molecule has 25 rings (SSSR count). The lowest BCUT2D eigenvalue weighted by Gasteiger charge is -2.38. The topological polar surface area (TPSA) is 286 Å². The Morgan fingerprint density at radius 2 is 0.425 bits per heavy atom. The molecule has 486 valence electrons. The molecular formula is C63H90O24. The van der Waals surface area contributed by atoms with E-state index in [0.29, 0.717) is 77.5 Å². The number of rotatable bonds is 0. The second kappa shape index (κ2) is 21.7. The van der Waals surface area contributed by atoms with E-state index in [0.717, 1.165) is 0 Å². The molecule has 25 fully saturated rings. The fourth-order valence-corrected chi connectivity index (χ4v) is 19.7. The van der Waals surface area contributed by atoms with Crippen LogP contribution in [-0.4, -0.2) is 229 Å². The fourth-order valence-electron chi connectivity index (χ4n) is 19.7. The van der Waals surface area contributed by atoms with Crippen molar-refractivity contribution in [3.63, 3.8) is 0 Å². The minimum absolute atomic E-state index is 0.0359. The Morgan fingerprint density at radius 3 is 0.724 bits per heavy atom. The lowest BCUT2D eigenvalue weighted by molar-refractivity contribution is -0.226. The maximum absolute atomic E-state index is 11.5. The summed E-state index contributed by atoms with van der Waals surface area (Å²) in [5.41, 5.74) is 0. The second-order valence-electron chi connectivity index (χ2n) is 29.6. The number of esters is 3. The highest BCUT2D eigenvalue weighted by atomic mass is 16.8. The fraction of sp³-hybridized carbons (Fsp3) is 0.937. The van der Waals surface area contributed by atoms with Crippen LogP contribution in [0.2, 0.25) is 0 Å². The molecule has 45 atom stereocenters. The zero-order chi connectivity index (χ0) is 61.3. The van der Waals surface area contributed by atoms with Crippen LogP contribution in [0.25, 0.3) is 0 Å². The van der Waals surface area contributed by atoms with E-state index in [4.69, 9.17) is 80.5 Å². The first kappa shape index (κ1) is 60.6. The average Bonchev–Trinajstić information content (AvgIpc) is 1.66. The van der Waals surface area contributed by atoms with Gasteiger partial charge in [0.2, 0.25) is 18.9 Å². The molecule has 24 nitrogen and oxygen atoms in total. The largest absolute Gasteiger partial charge is 0.431 e.